The van der Waals surface area contributed by atoms with Gasteiger partial charge in [-0.3, -0.25) is 0 Å². The highest BCUT2D eigenvalue weighted by molar-refractivity contribution is 5.99. The number of esters is 1. The zero-order chi connectivity index (χ0) is 18.1. The molecule has 0 aliphatic carbocycles. The maximum absolute atomic E-state index is 12.2. The van der Waals surface area contributed by atoms with Gasteiger partial charge in [0.05, 0.1) is 5.69 Å². The molecule has 0 fully saturated rings. The summed E-state index contributed by atoms with van der Waals surface area (Å²) in [5.74, 6) is 0.808. The van der Waals surface area contributed by atoms with Crippen LogP contribution in [0.15, 0.2) is 53.3 Å². The van der Waals surface area contributed by atoms with E-state index in [4.69, 9.17) is 9.15 Å². The average Bonchev–Trinajstić information content (AvgIpc) is 3.19. The number of hydrogen-bond donors (Lipinski definition) is 1. The molecule has 0 saturated heterocycles. The molecule has 2 aromatic heterocycles. The van der Waals surface area contributed by atoms with Crippen LogP contribution >= 0.6 is 0 Å². The van der Waals surface area contributed by atoms with Gasteiger partial charge in [-0.15, -0.1) is 0 Å². The zero-order valence-electron chi connectivity index (χ0n) is 14.7. The van der Waals surface area contributed by atoms with Gasteiger partial charge < -0.3 is 14.5 Å². The molecule has 26 heavy (non-hydrogen) atoms. The number of ether oxygens (including phenoxy) is 1. The highest BCUT2D eigenvalue weighted by Gasteiger charge is 2.39. The molecule has 0 unspecified atom stereocenters. The summed E-state index contributed by atoms with van der Waals surface area (Å²) in [6.45, 7) is 4.33. The summed E-state index contributed by atoms with van der Waals surface area (Å²) >= 11 is 0. The summed E-state index contributed by atoms with van der Waals surface area (Å²) in [5, 5.41) is 3.22. The van der Waals surface area contributed by atoms with Crippen molar-refractivity contribution in [3.05, 3.63) is 65.7 Å². The van der Waals surface area contributed by atoms with E-state index in [1.807, 2.05) is 50.2 Å². The van der Waals surface area contributed by atoms with Gasteiger partial charge in [0, 0.05) is 30.3 Å². The minimum atomic E-state index is -0.623. The number of hydrogen-bond acceptors (Lipinski definition) is 6. The Bertz CT molecular complexity index is 948. The van der Waals surface area contributed by atoms with Gasteiger partial charge in [0.15, 0.2) is 0 Å². The lowest BCUT2D eigenvalue weighted by Crippen LogP contribution is -2.15. The molecule has 0 saturated carbocycles. The van der Waals surface area contributed by atoms with Crippen LogP contribution in [-0.4, -0.2) is 22.5 Å². The van der Waals surface area contributed by atoms with Crippen LogP contribution in [0.2, 0.25) is 0 Å². The van der Waals surface area contributed by atoms with Crippen molar-refractivity contribution in [3.8, 4) is 11.5 Å². The number of benzene rings is 1. The van der Waals surface area contributed by atoms with Crippen molar-refractivity contribution in [2.75, 3.05) is 11.9 Å². The monoisotopic (exact) mass is 349 g/mol. The maximum Gasteiger partial charge on any atom is 0.343 e. The van der Waals surface area contributed by atoms with E-state index in [0.717, 1.165) is 16.8 Å². The van der Waals surface area contributed by atoms with Gasteiger partial charge in [-0.25, -0.2) is 14.8 Å². The van der Waals surface area contributed by atoms with Crippen LogP contribution in [-0.2, 0) is 16.8 Å². The van der Waals surface area contributed by atoms with E-state index in [-0.39, 0.29) is 5.97 Å². The lowest BCUT2D eigenvalue weighted by molar-refractivity contribution is 0.00958. The highest BCUT2D eigenvalue weighted by Crippen LogP contribution is 2.38. The average molecular weight is 349 g/mol. The molecule has 0 bridgehead atoms. The van der Waals surface area contributed by atoms with Gasteiger partial charge in [0.2, 0.25) is 5.89 Å². The minimum Gasteiger partial charge on any atom is -0.451 e. The summed E-state index contributed by atoms with van der Waals surface area (Å²) in [7, 11) is 0. The van der Waals surface area contributed by atoms with Crippen molar-refractivity contribution < 1.29 is 13.9 Å². The summed E-state index contributed by atoms with van der Waals surface area (Å²) in [5.41, 5.74) is 2.53. The fraction of sp³-hybridized carbons (Fsp3) is 0.250. The molecule has 0 atom stereocenters. The first-order valence-electron chi connectivity index (χ1n) is 8.51. The van der Waals surface area contributed by atoms with E-state index in [1.54, 1.807) is 12.5 Å². The van der Waals surface area contributed by atoms with Crippen molar-refractivity contribution in [1.29, 1.82) is 0 Å². The summed E-state index contributed by atoms with van der Waals surface area (Å²) in [4.78, 5) is 21.0. The van der Waals surface area contributed by atoms with Gasteiger partial charge in [-0.05, 0) is 32.0 Å². The number of nitrogens with one attached hydrogen (secondary N) is 1. The minimum absolute atomic E-state index is 0.339. The zero-order valence-corrected chi connectivity index (χ0v) is 14.7. The van der Waals surface area contributed by atoms with E-state index in [9.17, 15) is 4.79 Å². The summed E-state index contributed by atoms with van der Waals surface area (Å²) in [6, 6.07) is 11.6. The Morgan fingerprint density at radius 1 is 1.15 bits per heavy atom. The summed E-state index contributed by atoms with van der Waals surface area (Å²) in [6.07, 6.45) is 4.00. The molecule has 3 aromatic rings. The molecule has 6 nitrogen and oxygen atoms in total. The topological polar surface area (TPSA) is 77.2 Å². The lowest BCUT2D eigenvalue weighted by Gasteiger charge is -2.17. The molecule has 0 radical (unpaired) electrons. The quantitative estimate of drug-likeness (QED) is 0.706. The third-order valence-corrected chi connectivity index (χ3v) is 4.40. The van der Waals surface area contributed by atoms with Crippen LogP contribution in [0.1, 0.15) is 35.5 Å². The Morgan fingerprint density at radius 2 is 1.96 bits per heavy atom. The van der Waals surface area contributed by atoms with Crippen LogP contribution in [0.3, 0.4) is 0 Å². The molecule has 1 N–H and O–H groups in total. The van der Waals surface area contributed by atoms with Crippen molar-refractivity contribution in [2.24, 2.45) is 0 Å². The standard InChI is InChI=1S/C20H19N3O3/c1-20(2)15-9-11-22-17(16(15)19(24)26-20)21-10-8-14-12-25-18(23-14)13-6-4-3-5-7-13/h3-7,9,11-12H,8,10H2,1-2H3,(H,21,22). The van der Waals surface area contributed by atoms with Gasteiger partial charge in [0.1, 0.15) is 23.2 Å². The molecular weight excluding hydrogens is 330 g/mol. The maximum atomic E-state index is 12.2. The number of anilines is 1. The molecular formula is C20H19N3O3. The van der Waals surface area contributed by atoms with E-state index < -0.39 is 5.60 Å². The molecule has 1 aromatic carbocycles. The molecule has 6 heteroatoms. The Morgan fingerprint density at radius 3 is 2.77 bits per heavy atom. The van der Waals surface area contributed by atoms with Crippen molar-refractivity contribution >= 4 is 11.8 Å². The Hall–Kier alpha value is -3.15. The van der Waals surface area contributed by atoms with Gasteiger partial charge in [-0.1, -0.05) is 18.2 Å². The predicted molar refractivity (Wildman–Crippen MR) is 96.8 cm³/mol. The van der Waals surface area contributed by atoms with Gasteiger partial charge in [-0.2, -0.15) is 0 Å². The second-order valence-electron chi connectivity index (χ2n) is 6.67. The highest BCUT2D eigenvalue weighted by atomic mass is 16.6. The SMILES string of the molecule is CC1(C)OC(=O)c2c1ccnc2NCCc1coc(-c2ccccc2)n1. The Kier molecular flexibility index (Phi) is 3.95. The van der Waals surface area contributed by atoms with Gasteiger partial charge in [0.25, 0.3) is 0 Å². The lowest BCUT2D eigenvalue weighted by atomic mass is 9.97. The van der Waals surface area contributed by atoms with Crippen LogP contribution in [0.4, 0.5) is 5.82 Å². The number of oxazole rings is 1. The molecule has 0 amide bonds. The van der Waals surface area contributed by atoms with Crippen LogP contribution in [0, 0.1) is 0 Å². The molecule has 0 spiro atoms. The number of pyridine rings is 1. The molecule has 3 heterocycles. The number of rotatable bonds is 5. The summed E-state index contributed by atoms with van der Waals surface area (Å²) < 4.78 is 11.0. The third-order valence-electron chi connectivity index (χ3n) is 4.40. The second-order valence-corrected chi connectivity index (χ2v) is 6.67. The van der Waals surface area contributed by atoms with E-state index >= 15 is 0 Å². The number of fused-ring (bicyclic) bond motifs is 1. The van der Waals surface area contributed by atoms with Crippen LogP contribution < -0.4 is 5.32 Å². The fourth-order valence-electron chi connectivity index (χ4n) is 3.09. The predicted octanol–water partition coefficient (Wildman–Crippen LogP) is 3.80. The molecule has 132 valence electrons. The van der Waals surface area contributed by atoms with Crippen LogP contribution in [0.25, 0.3) is 11.5 Å². The van der Waals surface area contributed by atoms with Gasteiger partial charge >= 0.3 is 5.97 Å². The smallest absolute Gasteiger partial charge is 0.343 e. The number of cyclic esters (lactones) is 1. The normalized spacial score (nSPS) is 14.8. The van der Waals surface area contributed by atoms with Crippen molar-refractivity contribution in [1.82, 2.24) is 9.97 Å². The fourth-order valence-corrected chi connectivity index (χ4v) is 3.09. The largest absolute Gasteiger partial charge is 0.451 e. The van der Waals surface area contributed by atoms with E-state index in [0.29, 0.717) is 30.2 Å². The Balaban J connectivity index is 1.45. The molecule has 4 rings (SSSR count). The number of carbonyl (C=O) groups excluding carboxylic acids is 1. The van der Waals surface area contributed by atoms with E-state index in [2.05, 4.69) is 15.3 Å². The second kappa shape index (κ2) is 6.29. The van der Waals surface area contributed by atoms with Crippen molar-refractivity contribution in [3.63, 3.8) is 0 Å². The third kappa shape index (κ3) is 2.94. The van der Waals surface area contributed by atoms with Crippen molar-refractivity contribution in [2.45, 2.75) is 25.9 Å². The first-order valence-corrected chi connectivity index (χ1v) is 8.51. The first kappa shape index (κ1) is 16.3. The Labute approximate surface area is 151 Å². The molecule has 1 aliphatic rings. The number of nitrogens with zero attached hydrogens (tertiary/aromatic N) is 2. The van der Waals surface area contributed by atoms with Crippen LogP contribution in [0.5, 0.6) is 0 Å². The first-order chi connectivity index (χ1) is 12.5. The van der Waals surface area contributed by atoms with E-state index in [1.165, 1.54) is 0 Å². The number of aromatic nitrogens is 2. The number of carbonyl (C=O) groups is 1. The molecule has 1 aliphatic heterocycles.